The molecule has 0 atom stereocenters. The fraction of sp³-hybridized carbons (Fsp3) is 0.500. The van der Waals surface area contributed by atoms with E-state index in [-0.39, 0.29) is 24.2 Å². The van der Waals surface area contributed by atoms with Crippen LogP contribution in [-0.2, 0) is 4.79 Å². The average molecular weight is 227 g/mol. The SMILES string of the molecule is O=C(O)CN(C(=O)c1cnsn1)C1CC1. The first-order valence-corrected chi connectivity index (χ1v) is 5.22. The number of aromatic nitrogens is 2. The van der Waals surface area contributed by atoms with Gasteiger partial charge in [0.25, 0.3) is 5.91 Å². The van der Waals surface area contributed by atoms with E-state index < -0.39 is 5.97 Å². The summed E-state index contributed by atoms with van der Waals surface area (Å²) in [4.78, 5) is 23.7. The van der Waals surface area contributed by atoms with E-state index in [1.807, 2.05) is 0 Å². The van der Waals surface area contributed by atoms with Crippen LogP contribution in [0, 0.1) is 0 Å². The minimum atomic E-state index is -1.00. The second kappa shape index (κ2) is 3.93. The lowest BCUT2D eigenvalue weighted by Gasteiger charge is -2.18. The quantitative estimate of drug-likeness (QED) is 0.795. The van der Waals surface area contributed by atoms with Gasteiger partial charge in [0, 0.05) is 6.04 Å². The molecule has 15 heavy (non-hydrogen) atoms. The van der Waals surface area contributed by atoms with Crippen LogP contribution in [0.5, 0.6) is 0 Å². The standard InChI is InChI=1S/C8H9N3O3S/c12-7(13)4-11(5-1-2-5)8(14)6-3-9-15-10-6/h3,5H,1-2,4H2,(H,12,13). The Kier molecular flexibility index (Phi) is 2.63. The smallest absolute Gasteiger partial charge is 0.323 e. The number of hydrogen-bond acceptors (Lipinski definition) is 5. The van der Waals surface area contributed by atoms with Crippen molar-refractivity contribution in [3.63, 3.8) is 0 Å². The van der Waals surface area contributed by atoms with Crippen LogP contribution in [0.3, 0.4) is 0 Å². The van der Waals surface area contributed by atoms with Gasteiger partial charge in [0.2, 0.25) is 0 Å². The zero-order chi connectivity index (χ0) is 10.8. The molecule has 0 spiro atoms. The second-order valence-electron chi connectivity index (χ2n) is 3.35. The van der Waals surface area contributed by atoms with Crippen LogP contribution in [0.4, 0.5) is 0 Å². The number of amides is 1. The predicted molar refractivity (Wildman–Crippen MR) is 51.6 cm³/mol. The van der Waals surface area contributed by atoms with E-state index in [1.54, 1.807) is 0 Å². The molecule has 1 saturated carbocycles. The van der Waals surface area contributed by atoms with Gasteiger partial charge in [0.15, 0.2) is 5.69 Å². The highest BCUT2D eigenvalue weighted by molar-refractivity contribution is 6.99. The van der Waals surface area contributed by atoms with Crippen molar-refractivity contribution in [2.75, 3.05) is 6.54 Å². The normalized spacial score (nSPS) is 14.9. The van der Waals surface area contributed by atoms with Crippen LogP contribution in [0.1, 0.15) is 23.3 Å². The monoisotopic (exact) mass is 227 g/mol. The largest absolute Gasteiger partial charge is 0.480 e. The van der Waals surface area contributed by atoms with E-state index in [9.17, 15) is 9.59 Å². The first-order chi connectivity index (χ1) is 7.18. The molecule has 1 aromatic rings. The van der Waals surface area contributed by atoms with E-state index in [0.717, 1.165) is 24.6 Å². The molecule has 0 unspecified atom stereocenters. The molecule has 0 saturated heterocycles. The van der Waals surface area contributed by atoms with Gasteiger partial charge in [-0.2, -0.15) is 8.75 Å². The molecule has 1 aliphatic carbocycles. The van der Waals surface area contributed by atoms with Gasteiger partial charge in [0.1, 0.15) is 6.54 Å². The number of rotatable bonds is 4. The van der Waals surface area contributed by atoms with Crippen LogP contribution >= 0.6 is 11.7 Å². The molecule has 1 N–H and O–H groups in total. The van der Waals surface area contributed by atoms with Crippen LogP contribution in [0.25, 0.3) is 0 Å². The third-order valence-corrected chi connectivity index (χ3v) is 2.61. The first kappa shape index (κ1) is 10.0. The van der Waals surface area contributed by atoms with Crippen molar-refractivity contribution in [3.05, 3.63) is 11.9 Å². The number of hydrogen-bond donors (Lipinski definition) is 1. The molecule has 1 fully saturated rings. The predicted octanol–water partition coefficient (Wildman–Crippen LogP) is 0.227. The fourth-order valence-electron chi connectivity index (χ4n) is 1.30. The van der Waals surface area contributed by atoms with Gasteiger partial charge in [-0.25, -0.2) is 0 Å². The Morgan fingerprint density at radius 1 is 1.60 bits per heavy atom. The van der Waals surface area contributed by atoms with Gasteiger partial charge in [-0.05, 0) is 12.8 Å². The Morgan fingerprint density at radius 3 is 2.80 bits per heavy atom. The lowest BCUT2D eigenvalue weighted by molar-refractivity contribution is -0.137. The lowest BCUT2D eigenvalue weighted by atomic mass is 10.3. The molecule has 6 nitrogen and oxygen atoms in total. The van der Waals surface area contributed by atoms with Gasteiger partial charge in [-0.15, -0.1) is 0 Å². The Labute approximate surface area is 89.9 Å². The molecule has 1 heterocycles. The van der Waals surface area contributed by atoms with E-state index in [4.69, 9.17) is 5.11 Å². The van der Waals surface area contributed by atoms with Crippen molar-refractivity contribution in [1.29, 1.82) is 0 Å². The van der Waals surface area contributed by atoms with E-state index in [1.165, 1.54) is 11.1 Å². The van der Waals surface area contributed by atoms with E-state index in [2.05, 4.69) is 8.75 Å². The van der Waals surface area contributed by atoms with Crippen molar-refractivity contribution in [3.8, 4) is 0 Å². The molecule has 1 aromatic heterocycles. The van der Waals surface area contributed by atoms with Crippen LogP contribution in [-0.4, -0.2) is 43.2 Å². The molecule has 1 amide bonds. The van der Waals surface area contributed by atoms with Crippen LogP contribution < -0.4 is 0 Å². The summed E-state index contributed by atoms with van der Waals surface area (Å²) in [5, 5.41) is 8.68. The summed E-state index contributed by atoms with van der Waals surface area (Å²) in [6.45, 7) is -0.263. The Bertz CT molecular complexity index is 374. The highest BCUT2D eigenvalue weighted by Crippen LogP contribution is 2.27. The van der Waals surface area contributed by atoms with Crippen molar-refractivity contribution in [1.82, 2.24) is 13.6 Å². The minimum absolute atomic E-state index is 0.0651. The third-order valence-electron chi connectivity index (χ3n) is 2.13. The summed E-state index contributed by atoms with van der Waals surface area (Å²) in [6, 6.07) is 0.0651. The Morgan fingerprint density at radius 2 is 2.33 bits per heavy atom. The number of aliphatic carboxylic acids is 1. The maximum Gasteiger partial charge on any atom is 0.323 e. The van der Waals surface area contributed by atoms with Crippen LogP contribution in [0.2, 0.25) is 0 Å². The summed E-state index contributed by atoms with van der Waals surface area (Å²) >= 11 is 0.941. The number of carbonyl (C=O) groups is 2. The molecule has 0 aromatic carbocycles. The fourth-order valence-corrected chi connectivity index (χ4v) is 1.71. The number of carbonyl (C=O) groups excluding carboxylic acids is 1. The number of nitrogens with zero attached hydrogens (tertiary/aromatic N) is 3. The molecule has 1 aliphatic rings. The molecular formula is C8H9N3O3S. The highest BCUT2D eigenvalue weighted by Gasteiger charge is 2.35. The minimum Gasteiger partial charge on any atom is -0.480 e. The van der Waals surface area contributed by atoms with Gasteiger partial charge >= 0.3 is 5.97 Å². The zero-order valence-electron chi connectivity index (χ0n) is 7.79. The molecule has 7 heteroatoms. The second-order valence-corrected chi connectivity index (χ2v) is 3.91. The molecular weight excluding hydrogens is 218 g/mol. The summed E-state index contributed by atoms with van der Waals surface area (Å²) in [7, 11) is 0. The highest BCUT2D eigenvalue weighted by atomic mass is 32.1. The molecule has 0 bridgehead atoms. The topological polar surface area (TPSA) is 83.4 Å². The maximum atomic E-state index is 11.8. The van der Waals surface area contributed by atoms with Gasteiger partial charge in [-0.1, -0.05) is 0 Å². The molecule has 0 aliphatic heterocycles. The number of carboxylic acids is 1. The van der Waals surface area contributed by atoms with E-state index >= 15 is 0 Å². The summed E-state index contributed by atoms with van der Waals surface area (Å²) in [5.74, 6) is -1.34. The van der Waals surface area contributed by atoms with Crippen molar-refractivity contribution < 1.29 is 14.7 Å². The van der Waals surface area contributed by atoms with Gasteiger partial charge in [0.05, 0.1) is 17.9 Å². The van der Waals surface area contributed by atoms with Crippen molar-refractivity contribution in [2.45, 2.75) is 18.9 Å². The average Bonchev–Trinajstić information content (AvgIpc) is 2.88. The van der Waals surface area contributed by atoms with Crippen LogP contribution in [0.15, 0.2) is 6.20 Å². The number of carboxylic acid groups (broad SMARTS) is 1. The Hall–Kier alpha value is -1.50. The summed E-state index contributed by atoms with van der Waals surface area (Å²) in [6.07, 6.45) is 3.11. The van der Waals surface area contributed by atoms with Crippen molar-refractivity contribution in [2.24, 2.45) is 0 Å². The van der Waals surface area contributed by atoms with E-state index in [0.29, 0.717) is 0 Å². The van der Waals surface area contributed by atoms with Gasteiger partial charge in [-0.3, -0.25) is 9.59 Å². The van der Waals surface area contributed by atoms with Gasteiger partial charge < -0.3 is 10.0 Å². The molecule has 2 rings (SSSR count). The summed E-state index contributed by atoms with van der Waals surface area (Å²) < 4.78 is 7.52. The maximum absolute atomic E-state index is 11.8. The lowest BCUT2D eigenvalue weighted by Crippen LogP contribution is -2.37. The first-order valence-electron chi connectivity index (χ1n) is 4.49. The molecule has 80 valence electrons. The third kappa shape index (κ3) is 2.30. The zero-order valence-corrected chi connectivity index (χ0v) is 8.61. The Balaban J connectivity index is 2.10. The van der Waals surface area contributed by atoms with Crippen molar-refractivity contribution >= 4 is 23.6 Å². The molecule has 0 radical (unpaired) electrons. The summed E-state index contributed by atoms with van der Waals surface area (Å²) in [5.41, 5.74) is 0.230.